The van der Waals surface area contributed by atoms with Gasteiger partial charge in [0.05, 0.1) is 12.1 Å². The summed E-state index contributed by atoms with van der Waals surface area (Å²) in [7, 11) is 0. The van der Waals surface area contributed by atoms with E-state index < -0.39 is 0 Å². The predicted molar refractivity (Wildman–Crippen MR) is 65.1 cm³/mol. The van der Waals surface area contributed by atoms with Crippen molar-refractivity contribution < 1.29 is 9.90 Å². The highest BCUT2D eigenvalue weighted by Gasteiger charge is 2.33. The Kier molecular flexibility index (Phi) is 5.26. The van der Waals surface area contributed by atoms with Crippen LogP contribution in [-0.4, -0.2) is 23.2 Å². The van der Waals surface area contributed by atoms with Crippen LogP contribution in [0.3, 0.4) is 0 Å². The van der Waals surface area contributed by atoms with Gasteiger partial charge in [0.15, 0.2) is 0 Å². The van der Waals surface area contributed by atoms with Crippen molar-refractivity contribution in [2.45, 2.75) is 64.3 Å². The van der Waals surface area contributed by atoms with Crippen molar-refractivity contribution in [3.63, 3.8) is 0 Å². The molecule has 1 atom stereocenters. The lowest BCUT2D eigenvalue weighted by atomic mass is 9.82. The van der Waals surface area contributed by atoms with Crippen LogP contribution in [0.25, 0.3) is 0 Å². The minimum Gasteiger partial charge on any atom is -0.394 e. The fourth-order valence-electron chi connectivity index (χ4n) is 2.50. The van der Waals surface area contributed by atoms with Crippen LogP contribution in [-0.2, 0) is 4.79 Å². The van der Waals surface area contributed by atoms with Gasteiger partial charge in [-0.25, -0.2) is 0 Å². The van der Waals surface area contributed by atoms with Crippen molar-refractivity contribution in [2.24, 2.45) is 5.92 Å². The number of hydrogen-bond acceptors (Lipinski definition) is 2. The molecule has 0 radical (unpaired) electrons. The SMILES string of the molecule is CCCC(C)C(=O)NC1(CO)CCCCC1. The average Bonchev–Trinajstić information content (AvgIpc) is 2.30. The number of amides is 1. The number of carbonyl (C=O) groups excluding carboxylic acids is 1. The predicted octanol–water partition coefficient (Wildman–Crippen LogP) is 2.23. The van der Waals surface area contributed by atoms with Crippen LogP contribution >= 0.6 is 0 Å². The molecule has 0 aromatic heterocycles. The number of aliphatic hydroxyl groups excluding tert-OH is 1. The molecule has 0 spiro atoms. The number of carbonyl (C=O) groups is 1. The van der Waals surface area contributed by atoms with E-state index in [9.17, 15) is 9.90 Å². The molecular formula is C13H25NO2. The van der Waals surface area contributed by atoms with Crippen LogP contribution in [0, 0.1) is 5.92 Å². The van der Waals surface area contributed by atoms with Gasteiger partial charge in [0.1, 0.15) is 0 Å². The van der Waals surface area contributed by atoms with Crippen LogP contribution in [0.1, 0.15) is 58.8 Å². The van der Waals surface area contributed by atoms with Gasteiger partial charge in [-0.05, 0) is 19.3 Å². The van der Waals surface area contributed by atoms with Crippen LogP contribution in [0.5, 0.6) is 0 Å². The lowest BCUT2D eigenvalue weighted by molar-refractivity contribution is -0.127. The van der Waals surface area contributed by atoms with Crippen molar-refractivity contribution in [3.8, 4) is 0 Å². The number of rotatable bonds is 5. The van der Waals surface area contributed by atoms with Crippen LogP contribution in [0.2, 0.25) is 0 Å². The minimum absolute atomic E-state index is 0.0651. The molecule has 1 aliphatic rings. The first-order valence-electron chi connectivity index (χ1n) is 6.56. The average molecular weight is 227 g/mol. The Morgan fingerprint density at radius 1 is 1.38 bits per heavy atom. The molecular weight excluding hydrogens is 202 g/mol. The smallest absolute Gasteiger partial charge is 0.223 e. The molecule has 0 aromatic rings. The molecule has 1 fully saturated rings. The standard InChI is InChI=1S/C13H25NO2/c1-3-7-11(2)12(16)14-13(10-15)8-5-4-6-9-13/h11,15H,3-10H2,1-2H3,(H,14,16). The van der Waals surface area contributed by atoms with E-state index in [1.54, 1.807) is 0 Å². The van der Waals surface area contributed by atoms with Crippen molar-refractivity contribution in [2.75, 3.05) is 6.61 Å². The number of nitrogens with one attached hydrogen (secondary N) is 1. The van der Waals surface area contributed by atoms with E-state index in [0.717, 1.165) is 38.5 Å². The van der Waals surface area contributed by atoms with E-state index in [4.69, 9.17) is 0 Å². The molecule has 3 nitrogen and oxygen atoms in total. The first-order valence-corrected chi connectivity index (χ1v) is 6.56. The number of aliphatic hydroxyl groups is 1. The maximum atomic E-state index is 11.9. The van der Waals surface area contributed by atoms with E-state index in [0.29, 0.717) is 0 Å². The fourth-order valence-corrected chi connectivity index (χ4v) is 2.50. The molecule has 2 N–H and O–H groups in total. The normalized spacial score (nSPS) is 21.4. The van der Waals surface area contributed by atoms with E-state index in [-0.39, 0.29) is 24.0 Å². The maximum Gasteiger partial charge on any atom is 0.223 e. The Morgan fingerprint density at radius 3 is 2.50 bits per heavy atom. The minimum atomic E-state index is -0.322. The van der Waals surface area contributed by atoms with Gasteiger partial charge in [0.25, 0.3) is 0 Å². The van der Waals surface area contributed by atoms with Crippen molar-refractivity contribution in [1.29, 1.82) is 0 Å². The third kappa shape index (κ3) is 3.48. The third-order valence-electron chi connectivity index (χ3n) is 3.67. The summed E-state index contributed by atoms with van der Waals surface area (Å²) in [5.74, 6) is 0.174. The summed E-state index contributed by atoms with van der Waals surface area (Å²) in [4.78, 5) is 11.9. The summed E-state index contributed by atoms with van der Waals surface area (Å²) in [5.41, 5.74) is -0.322. The number of hydrogen-bond donors (Lipinski definition) is 2. The molecule has 0 bridgehead atoms. The molecule has 1 unspecified atom stereocenters. The highest BCUT2D eigenvalue weighted by atomic mass is 16.3. The summed E-state index contributed by atoms with van der Waals surface area (Å²) in [6, 6.07) is 0. The highest BCUT2D eigenvalue weighted by Crippen LogP contribution is 2.28. The van der Waals surface area contributed by atoms with Gasteiger partial charge in [-0.1, -0.05) is 39.5 Å². The molecule has 0 heterocycles. The van der Waals surface area contributed by atoms with E-state index in [1.165, 1.54) is 6.42 Å². The zero-order valence-corrected chi connectivity index (χ0v) is 10.6. The molecule has 94 valence electrons. The summed E-state index contributed by atoms with van der Waals surface area (Å²) >= 11 is 0. The molecule has 1 aliphatic carbocycles. The molecule has 1 saturated carbocycles. The van der Waals surface area contributed by atoms with E-state index in [1.807, 2.05) is 6.92 Å². The Balaban J connectivity index is 2.51. The van der Waals surface area contributed by atoms with Gasteiger partial charge < -0.3 is 10.4 Å². The lowest BCUT2D eigenvalue weighted by Gasteiger charge is -2.37. The van der Waals surface area contributed by atoms with E-state index in [2.05, 4.69) is 12.2 Å². The lowest BCUT2D eigenvalue weighted by Crippen LogP contribution is -2.53. The van der Waals surface area contributed by atoms with Crippen molar-refractivity contribution >= 4 is 5.91 Å². The Labute approximate surface area is 98.6 Å². The summed E-state index contributed by atoms with van der Waals surface area (Å²) < 4.78 is 0. The second kappa shape index (κ2) is 6.24. The Morgan fingerprint density at radius 2 is 2.00 bits per heavy atom. The van der Waals surface area contributed by atoms with Crippen LogP contribution in [0.4, 0.5) is 0 Å². The zero-order valence-electron chi connectivity index (χ0n) is 10.6. The molecule has 16 heavy (non-hydrogen) atoms. The highest BCUT2D eigenvalue weighted by molar-refractivity contribution is 5.79. The fraction of sp³-hybridized carbons (Fsp3) is 0.923. The second-order valence-corrected chi connectivity index (χ2v) is 5.18. The zero-order chi connectivity index (χ0) is 12.0. The molecule has 3 heteroatoms. The first-order chi connectivity index (χ1) is 7.63. The van der Waals surface area contributed by atoms with Crippen molar-refractivity contribution in [3.05, 3.63) is 0 Å². The summed E-state index contributed by atoms with van der Waals surface area (Å²) in [5, 5.41) is 12.6. The van der Waals surface area contributed by atoms with Gasteiger partial charge in [0.2, 0.25) is 5.91 Å². The molecule has 1 rings (SSSR count). The summed E-state index contributed by atoms with van der Waals surface area (Å²) in [6.45, 7) is 4.14. The molecule has 0 aliphatic heterocycles. The molecule has 1 amide bonds. The summed E-state index contributed by atoms with van der Waals surface area (Å²) in [6.07, 6.45) is 7.25. The monoisotopic (exact) mass is 227 g/mol. The first kappa shape index (κ1) is 13.5. The van der Waals surface area contributed by atoms with Crippen LogP contribution in [0.15, 0.2) is 0 Å². The maximum absolute atomic E-state index is 11.9. The quantitative estimate of drug-likeness (QED) is 0.756. The molecule has 0 aromatic carbocycles. The second-order valence-electron chi connectivity index (χ2n) is 5.18. The van der Waals surface area contributed by atoms with Crippen molar-refractivity contribution in [1.82, 2.24) is 5.32 Å². The largest absolute Gasteiger partial charge is 0.394 e. The molecule has 0 saturated heterocycles. The van der Waals surface area contributed by atoms with Gasteiger partial charge in [0, 0.05) is 5.92 Å². The Bertz CT molecular complexity index is 222. The van der Waals surface area contributed by atoms with Crippen LogP contribution < -0.4 is 5.32 Å². The van der Waals surface area contributed by atoms with E-state index >= 15 is 0 Å². The topological polar surface area (TPSA) is 49.3 Å². The van der Waals surface area contributed by atoms with Gasteiger partial charge in [-0.15, -0.1) is 0 Å². The van der Waals surface area contributed by atoms with Gasteiger partial charge in [-0.2, -0.15) is 0 Å². The van der Waals surface area contributed by atoms with Gasteiger partial charge in [-0.3, -0.25) is 4.79 Å². The van der Waals surface area contributed by atoms with Gasteiger partial charge >= 0.3 is 0 Å². The Hall–Kier alpha value is -0.570. The third-order valence-corrected chi connectivity index (χ3v) is 3.67.